The third-order valence-electron chi connectivity index (χ3n) is 8.71. The van der Waals surface area contributed by atoms with Crippen LogP contribution in [-0.2, 0) is 28.6 Å². The summed E-state index contributed by atoms with van der Waals surface area (Å²) in [6.45, 7) is 6.86. The predicted molar refractivity (Wildman–Crippen MR) is 162 cm³/mol. The number of carbonyl (C=O) groups excluding carboxylic acids is 1. The largest absolute Gasteiger partial charge is 0.373 e. The normalized spacial score (nSPS) is 15.9. The monoisotopic (exact) mass is 601 g/mol. The second-order valence-electron chi connectivity index (χ2n) is 11.7. The predicted octanol–water partition coefficient (Wildman–Crippen LogP) is 5.47. The number of aromatic nitrogens is 2. The van der Waals surface area contributed by atoms with Crippen molar-refractivity contribution < 1.29 is 22.7 Å². The molecular weight excluding hydrogens is 559 g/mol. The Bertz CT molecular complexity index is 1550. The molecule has 11 heteroatoms. The van der Waals surface area contributed by atoms with Gasteiger partial charge < -0.3 is 24.4 Å². The van der Waals surface area contributed by atoms with Crippen molar-refractivity contribution in [1.82, 2.24) is 19.4 Å². The van der Waals surface area contributed by atoms with E-state index in [1.165, 1.54) is 19.1 Å². The van der Waals surface area contributed by atoms with E-state index in [0.717, 1.165) is 30.3 Å². The Labute approximate surface area is 250 Å². The Kier molecular flexibility index (Phi) is 9.86. The number of piperidine rings is 1. The van der Waals surface area contributed by atoms with Gasteiger partial charge in [-0.2, -0.15) is 0 Å². The molecule has 0 aliphatic carbocycles. The zero-order valence-corrected chi connectivity index (χ0v) is 26.1. The van der Waals surface area contributed by atoms with Crippen LogP contribution in [0, 0.1) is 12.7 Å². The Morgan fingerprint density at radius 3 is 2.44 bits per heavy atom. The first-order valence-electron chi connectivity index (χ1n) is 14.6. The van der Waals surface area contributed by atoms with Crippen LogP contribution in [0.15, 0.2) is 29.1 Å². The number of alkyl halides is 2. The smallest absolute Gasteiger partial charge is 0.266 e. The van der Waals surface area contributed by atoms with Gasteiger partial charge in [-0.05, 0) is 71.8 Å². The fraction of sp³-hybridized carbons (Fsp3) is 0.531. The average molecular weight is 602 g/mol. The van der Waals surface area contributed by atoms with E-state index >= 15 is 4.39 Å². The number of aryl methyl sites for hydroxylation is 3. The van der Waals surface area contributed by atoms with Gasteiger partial charge in [0.1, 0.15) is 17.2 Å². The fourth-order valence-corrected chi connectivity index (χ4v) is 6.18. The summed E-state index contributed by atoms with van der Waals surface area (Å²) in [4.78, 5) is 34.8. The number of pyridine rings is 2. The minimum atomic E-state index is -2.94. The molecule has 0 unspecified atom stereocenters. The summed E-state index contributed by atoms with van der Waals surface area (Å²) in [6, 6.07) is 5.09. The molecule has 8 nitrogen and oxygen atoms in total. The molecule has 1 aliphatic rings. The third-order valence-corrected chi connectivity index (χ3v) is 8.71. The van der Waals surface area contributed by atoms with Crippen LogP contribution in [0.5, 0.6) is 0 Å². The summed E-state index contributed by atoms with van der Waals surface area (Å²) in [5.41, 5.74) is 1.16. The maximum atomic E-state index is 15.1. The molecule has 1 amide bonds. The molecule has 1 aliphatic heterocycles. The number of halogens is 3. The van der Waals surface area contributed by atoms with E-state index in [9.17, 15) is 18.4 Å². The number of anilines is 1. The highest BCUT2D eigenvalue weighted by Gasteiger charge is 2.40. The van der Waals surface area contributed by atoms with E-state index in [1.807, 2.05) is 27.1 Å². The second kappa shape index (κ2) is 13.1. The van der Waals surface area contributed by atoms with Crippen molar-refractivity contribution in [3.8, 4) is 0 Å². The maximum absolute atomic E-state index is 15.1. The van der Waals surface area contributed by atoms with Crippen molar-refractivity contribution in [3.63, 3.8) is 0 Å². The quantitative estimate of drug-likeness (QED) is 0.332. The molecule has 0 saturated carbocycles. The summed E-state index contributed by atoms with van der Waals surface area (Å²) in [5, 5.41) is 3.92. The Balaban J connectivity index is 1.89. The van der Waals surface area contributed by atoms with Gasteiger partial charge in [0, 0.05) is 50.8 Å². The van der Waals surface area contributed by atoms with Crippen LogP contribution >= 0.6 is 0 Å². The first kappa shape index (κ1) is 32.5. The number of fused-ring (bicyclic) bond motifs is 1. The summed E-state index contributed by atoms with van der Waals surface area (Å²) >= 11 is 0. The van der Waals surface area contributed by atoms with Gasteiger partial charge in [-0.15, -0.1) is 0 Å². The van der Waals surface area contributed by atoms with E-state index in [2.05, 4.69) is 10.2 Å². The van der Waals surface area contributed by atoms with Crippen molar-refractivity contribution in [2.75, 3.05) is 46.2 Å². The zero-order chi connectivity index (χ0) is 31.6. The number of benzene rings is 1. The van der Waals surface area contributed by atoms with Gasteiger partial charge >= 0.3 is 0 Å². The maximum Gasteiger partial charge on any atom is 0.266 e. The summed E-state index contributed by atoms with van der Waals surface area (Å²) in [7, 11) is 7.32. The van der Waals surface area contributed by atoms with Crippen molar-refractivity contribution in [1.29, 1.82) is 0 Å². The van der Waals surface area contributed by atoms with Crippen molar-refractivity contribution in [3.05, 3.63) is 68.4 Å². The summed E-state index contributed by atoms with van der Waals surface area (Å²) < 4.78 is 49.7. The number of nitrogens with one attached hydrogen (secondary N) is 1. The van der Waals surface area contributed by atoms with Crippen LogP contribution < -0.4 is 10.9 Å². The molecule has 2 aromatic heterocycles. The number of hydrogen-bond donors (Lipinski definition) is 1. The number of likely N-dealkylation sites (tertiary alicyclic amines) is 1. The van der Waals surface area contributed by atoms with Crippen molar-refractivity contribution in [2.24, 2.45) is 7.05 Å². The van der Waals surface area contributed by atoms with Crippen LogP contribution in [0.25, 0.3) is 10.9 Å². The summed E-state index contributed by atoms with van der Waals surface area (Å²) in [6.07, 6.45) is -0.512. The SMILES string of the molecule is COC1(c2cc3c(N[C@H](C)c4cccc(C(F)F)c4F)nc(C)c(CCCN(C)C)c3n(C)c2=O)CCN(C(C)=O)CC1. The lowest BCUT2D eigenvalue weighted by molar-refractivity contribution is -0.135. The Morgan fingerprint density at radius 2 is 1.86 bits per heavy atom. The highest BCUT2D eigenvalue weighted by molar-refractivity contribution is 5.93. The van der Waals surface area contributed by atoms with E-state index < -0.39 is 29.4 Å². The van der Waals surface area contributed by atoms with Crippen LogP contribution in [0.1, 0.15) is 73.5 Å². The minimum absolute atomic E-state index is 0.0261. The van der Waals surface area contributed by atoms with E-state index in [0.29, 0.717) is 54.6 Å². The number of carbonyl (C=O) groups is 1. The number of hydrogen-bond acceptors (Lipinski definition) is 6. The van der Waals surface area contributed by atoms with E-state index in [4.69, 9.17) is 9.72 Å². The minimum Gasteiger partial charge on any atom is -0.373 e. The zero-order valence-electron chi connectivity index (χ0n) is 26.1. The molecule has 1 saturated heterocycles. The number of methoxy groups -OCH3 is 1. The molecule has 0 radical (unpaired) electrons. The topological polar surface area (TPSA) is 79.7 Å². The van der Waals surface area contributed by atoms with Gasteiger partial charge in [0.2, 0.25) is 5.91 Å². The molecule has 3 heterocycles. The fourth-order valence-electron chi connectivity index (χ4n) is 6.18. The molecular formula is C32H42F3N5O3. The van der Waals surface area contributed by atoms with Crippen molar-refractivity contribution in [2.45, 2.75) is 64.5 Å². The number of amides is 1. The van der Waals surface area contributed by atoms with E-state index in [1.54, 1.807) is 30.5 Å². The molecule has 234 valence electrons. The summed E-state index contributed by atoms with van der Waals surface area (Å²) in [5.74, 6) is -0.563. The molecule has 1 atom stereocenters. The lowest BCUT2D eigenvalue weighted by Gasteiger charge is -2.40. The standard InChI is InChI=1S/C32H42F3N5O3/c1-19(22-10-8-11-24(27(22)33)29(34)35)36-30-25-18-26(32(43-7)13-16-40(17-14-32)21(3)41)31(42)39(6)28(25)23(20(2)37-30)12-9-15-38(4)5/h8,10-11,18-19,29H,9,12-17H2,1-7H3,(H,36,37)/t19-/m1/s1. The molecule has 1 aromatic carbocycles. The van der Waals surface area contributed by atoms with Crippen molar-refractivity contribution >= 4 is 22.6 Å². The van der Waals surface area contributed by atoms with Gasteiger partial charge in [0.05, 0.1) is 22.7 Å². The molecule has 4 rings (SSSR count). The third kappa shape index (κ3) is 6.43. The Morgan fingerprint density at radius 1 is 1.21 bits per heavy atom. The van der Waals surface area contributed by atoms with Gasteiger partial charge in [-0.1, -0.05) is 18.2 Å². The number of rotatable bonds is 10. The van der Waals surface area contributed by atoms with Crippen LogP contribution in [0.4, 0.5) is 19.0 Å². The number of nitrogens with zero attached hydrogens (tertiary/aromatic N) is 4. The molecule has 43 heavy (non-hydrogen) atoms. The van der Waals surface area contributed by atoms with E-state index in [-0.39, 0.29) is 17.0 Å². The van der Waals surface area contributed by atoms with Gasteiger partial charge in [0.25, 0.3) is 12.0 Å². The molecule has 1 N–H and O–H groups in total. The molecule has 1 fully saturated rings. The van der Waals surface area contributed by atoms with Crippen LogP contribution in [0.2, 0.25) is 0 Å². The molecule has 3 aromatic rings. The molecule has 0 spiro atoms. The van der Waals surface area contributed by atoms with Gasteiger partial charge in [-0.3, -0.25) is 9.59 Å². The first-order valence-corrected chi connectivity index (χ1v) is 14.6. The highest BCUT2D eigenvalue weighted by Crippen LogP contribution is 2.38. The lowest BCUT2D eigenvalue weighted by Crippen LogP contribution is -2.48. The van der Waals surface area contributed by atoms with Gasteiger partial charge in [-0.25, -0.2) is 18.2 Å². The highest BCUT2D eigenvalue weighted by atomic mass is 19.3. The van der Waals surface area contributed by atoms with Crippen LogP contribution in [0.3, 0.4) is 0 Å². The molecule has 0 bridgehead atoms. The Hall–Kier alpha value is -3.44. The second-order valence-corrected chi connectivity index (χ2v) is 11.7. The number of ether oxygens (including phenoxy) is 1. The van der Waals surface area contributed by atoms with Crippen LogP contribution in [-0.4, -0.2) is 66.1 Å². The first-order chi connectivity index (χ1) is 20.3. The average Bonchev–Trinajstić information content (AvgIpc) is 2.96. The lowest BCUT2D eigenvalue weighted by atomic mass is 9.83. The van der Waals surface area contributed by atoms with Gasteiger partial charge in [0.15, 0.2) is 0 Å².